The molecule has 0 aliphatic heterocycles. The quantitative estimate of drug-likeness (QED) is 0.154. The van der Waals surface area contributed by atoms with E-state index in [1.165, 1.54) is 45.3 Å². The van der Waals surface area contributed by atoms with E-state index in [1.807, 2.05) is 131 Å². The van der Waals surface area contributed by atoms with E-state index >= 15 is 0 Å². The van der Waals surface area contributed by atoms with Gasteiger partial charge in [-0.25, -0.2) is 0 Å². The van der Waals surface area contributed by atoms with E-state index in [9.17, 15) is 20.4 Å². The summed E-state index contributed by atoms with van der Waals surface area (Å²) in [5.41, 5.74) is -2.43. The minimum atomic E-state index is -1.65. The molecule has 0 amide bonds. The molecule has 4 atom stereocenters. The summed E-state index contributed by atoms with van der Waals surface area (Å²) >= 11 is 5.75. The smallest absolute Gasteiger partial charge is 0.150 e. The highest BCUT2D eigenvalue weighted by Gasteiger charge is 2.57. The fourth-order valence-corrected chi connectivity index (χ4v) is 11.0. The zero-order valence-corrected chi connectivity index (χ0v) is 27.4. The zero-order chi connectivity index (χ0) is 31.3. The van der Waals surface area contributed by atoms with Gasteiger partial charge in [-0.15, -0.1) is 45.3 Å². The lowest BCUT2D eigenvalue weighted by Crippen LogP contribution is -2.47. The lowest BCUT2D eigenvalue weighted by Gasteiger charge is -2.48. The molecule has 9 rings (SSSR count). The van der Waals surface area contributed by atoms with Crippen LogP contribution in [0.2, 0.25) is 0 Å². The lowest BCUT2D eigenvalue weighted by molar-refractivity contribution is 0.0681. The molecule has 3 aromatic carbocycles. The van der Waals surface area contributed by atoms with Gasteiger partial charge in [0.1, 0.15) is 22.4 Å². The first-order valence-electron chi connectivity index (χ1n) is 14.8. The molecule has 0 fully saturated rings. The van der Waals surface area contributed by atoms with Crippen molar-refractivity contribution in [2.75, 3.05) is 0 Å². The standard InChI is InChI=1S/C38H26O4S4/c39-35(31-13-5-17-43-31)23-9-1-2-10-24(23)36(40,32-14-6-18-44-32)28-22-30-29(21-27(28)35)37(41,33-15-7-19-45-33)25-11-3-4-12-26(25)38(30,42)34-16-8-20-46-34/h1-22,39-42H/t35-,36+,37-,38+. The van der Waals surface area contributed by atoms with Gasteiger partial charge in [0.2, 0.25) is 0 Å². The van der Waals surface area contributed by atoms with Gasteiger partial charge < -0.3 is 20.4 Å². The normalized spacial score (nSPS) is 26.2. The van der Waals surface area contributed by atoms with E-state index in [4.69, 9.17) is 0 Å². The number of hydrogen-bond acceptors (Lipinski definition) is 8. The first-order chi connectivity index (χ1) is 22.3. The minimum absolute atomic E-state index is 0.464. The third-order valence-corrected chi connectivity index (χ3v) is 13.6. The number of thiophene rings is 4. The van der Waals surface area contributed by atoms with Gasteiger partial charge in [0.25, 0.3) is 0 Å². The summed E-state index contributed by atoms with van der Waals surface area (Å²) in [4.78, 5) is 2.77. The Balaban J connectivity index is 1.49. The van der Waals surface area contributed by atoms with Crippen LogP contribution in [0.3, 0.4) is 0 Å². The summed E-state index contributed by atoms with van der Waals surface area (Å²) in [7, 11) is 0. The maximum absolute atomic E-state index is 13.1. The molecule has 8 heteroatoms. The first-order valence-corrected chi connectivity index (χ1v) is 18.3. The SMILES string of the molecule is O[C@]1(c2cccs2)c2ccccc2[C@@](O)(c2cccs2)c2cc3c(cc21)[C@@](O)(c1cccs1)c1ccccc1[C@@]3(O)c1cccs1. The average molecular weight is 675 g/mol. The molecule has 4 nitrogen and oxygen atoms in total. The lowest BCUT2D eigenvalue weighted by atomic mass is 9.61. The van der Waals surface area contributed by atoms with E-state index in [0.717, 1.165) is 0 Å². The van der Waals surface area contributed by atoms with E-state index < -0.39 is 22.4 Å². The second-order valence-electron chi connectivity index (χ2n) is 11.8. The van der Waals surface area contributed by atoms with Crippen LogP contribution >= 0.6 is 45.3 Å². The molecule has 2 aliphatic carbocycles. The van der Waals surface area contributed by atoms with Crippen LogP contribution in [0.4, 0.5) is 0 Å². The summed E-state index contributed by atoms with van der Waals surface area (Å²) in [6.07, 6.45) is 0. The highest BCUT2D eigenvalue weighted by molar-refractivity contribution is 7.11. The summed E-state index contributed by atoms with van der Waals surface area (Å²) in [5, 5.41) is 60.3. The first kappa shape index (κ1) is 28.5. The molecular weight excluding hydrogens is 649 g/mol. The Bertz CT molecular complexity index is 1910. The molecule has 0 bridgehead atoms. The molecule has 4 N–H and O–H groups in total. The second-order valence-corrected chi connectivity index (χ2v) is 15.6. The van der Waals surface area contributed by atoms with E-state index in [-0.39, 0.29) is 0 Å². The van der Waals surface area contributed by atoms with Crippen molar-refractivity contribution in [3.05, 3.63) is 195 Å². The fourth-order valence-electron chi connectivity index (χ4n) is 7.61. The van der Waals surface area contributed by atoms with Gasteiger partial charge >= 0.3 is 0 Å². The Hall–Kier alpha value is -3.70. The van der Waals surface area contributed by atoms with Crippen LogP contribution in [0.5, 0.6) is 0 Å². The highest BCUT2D eigenvalue weighted by Crippen LogP contribution is 2.60. The molecule has 0 saturated heterocycles. The number of rotatable bonds is 4. The van der Waals surface area contributed by atoms with Gasteiger partial charge in [0, 0.05) is 64.0 Å². The van der Waals surface area contributed by atoms with Gasteiger partial charge in [-0.2, -0.15) is 0 Å². The Labute approximate surface area is 281 Å². The molecule has 0 radical (unpaired) electrons. The van der Waals surface area contributed by atoms with Crippen molar-refractivity contribution in [2.45, 2.75) is 22.4 Å². The molecule has 0 unspecified atom stereocenters. The van der Waals surface area contributed by atoms with Gasteiger partial charge in [0.05, 0.1) is 0 Å². The third-order valence-electron chi connectivity index (χ3n) is 9.64. The van der Waals surface area contributed by atoms with Crippen LogP contribution in [0.1, 0.15) is 64.0 Å². The molecular formula is C38H26O4S4. The van der Waals surface area contributed by atoms with Crippen molar-refractivity contribution in [1.29, 1.82) is 0 Å². The monoisotopic (exact) mass is 674 g/mol. The number of benzene rings is 3. The molecule has 7 aromatic rings. The molecule has 46 heavy (non-hydrogen) atoms. The van der Waals surface area contributed by atoms with Gasteiger partial charge in [0.15, 0.2) is 0 Å². The summed E-state index contributed by atoms with van der Waals surface area (Å²) in [5.74, 6) is 0. The van der Waals surface area contributed by atoms with Crippen LogP contribution in [0, 0.1) is 0 Å². The van der Waals surface area contributed by atoms with Gasteiger partial charge in [-0.05, 0) is 57.9 Å². The maximum atomic E-state index is 13.1. The predicted octanol–water partition coefficient (Wildman–Crippen LogP) is 7.70. The number of hydrogen-bond donors (Lipinski definition) is 4. The molecule has 2 aliphatic rings. The van der Waals surface area contributed by atoms with Gasteiger partial charge in [-0.3, -0.25) is 0 Å². The minimum Gasteiger partial charge on any atom is -0.375 e. The summed E-state index contributed by atoms with van der Waals surface area (Å²) < 4.78 is 0. The van der Waals surface area contributed by atoms with E-state index in [2.05, 4.69) is 0 Å². The van der Waals surface area contributed by atoms with Crippen LogP contribution in [0.15, 0.2) is 131 Å². The molecule has 226 valence electrons. The van der Waals surface area contributed by atoms with Crippen LogP contribution in [0.25, 0.3) is 0 Å². The maximum Gasteiger partial charge on any atom is 0.150 e. The van der Waals surface area contributed by atoms with Crippen molar-refractivity contribution >= 4 is 45.3 Å². The van der Waals surface area contributed by atoms with Crippen molar-refractivity contribution in [3.8, 4) is 0 Å². The van der Waals surface area contributed by atoms with E-state index in [0.29, 0.717) is 64.0 Å². The van der Waals surface area contributed by atoms with Crippen molar-refractivity contribution in [1.82, 2.24) is 0 Å². The van der Waals surface area contributed by atoms with Gasteiger partial charge in [-0.1, -0.05) is 72.8 Å². The molecule has 4 aromatic heterocycles. The molecule has 4 heterocycles. The average Bonchev–Trinajstić information content (AvgIpc) is 3.94. The third kappa shape index (κ3) is 3.45. The second kappa shape index (κ2) is 9.90. The Kier molecular flexibility index (Phi) is 6.14. The Morgan fingerprint density at radius 1 is 0.304 bits per heavy atom. The summed E-state index contributed by atoms with van der Waals surface area (Å²) in [6, 6.07) is 33.9. The van der Waals surface area contributed by atoms with Crippen molar-refractivity contribution < 1.29 is 20.4 Å². The highest BCUT2D eigenvalue weighted by atomic mass is 32.1. The number of fused-ring (bicyclic) bond motifs is 4. The summed E-state index contributed by atoms with van der Waals surface area (Å²) in [6.45, 7) is 0. The van der Waals surface area contributed by atoms with Crippen LogP contribution < -0.4 is 0 Å². The zero-order valence-electron chi connectivity index (χ0n) is 24.1. The van der Waals surface area contributed by atoms with Crippen molar-refractivity contribution in [2.24, 2.45) is 0 Å². The van der Waals surface area contributed by atoms with Crippen LogP contribution in [-0.4, -0.2) is 20.4 Å². The largest absolute Gasteiger partial charge is 0.375 e. The molecule has 0 spiro atoms. The Morgan fingerprint density at radius 2 is 0.543 bits per heavy atom. The number of aliphatic hydroxyl groups is 4. The van der Waals surface area contributed by atoms with Crippen molar-refractivity contribution in [3.63, 3.8) is 0 Å². The van der Waals surface area contributed by atoms with Crippen LogP contribution in [-0.2, 0) is 22.4 Å². The molecule has 0 saturated carbocycles. The van der Waals surface area contributed by atoms with E-state index in [1.54, 1.807) is 0 Å². The predicted molar refractivity (Wildman–Crippen MR) is 185 cm³/mol. The fraction of sp³-hybridized carbons (Fsp3) is 0.105. The topological polar surface area (TPSA) is 80.9 Å². The Morgan fingerprint density at radius 3 is 0.739 bits per heavy atom.